The number of carbonyl (C=O) groups is 1. The van der Waals surface area contributed by atoms with Crippen LogP contribution < -0.4 is 10.2 Å². The summed E-state index contributed by atoms with van der Waals surface area (Å²) in [5.74, 6) is 1.29. The van der Waals surface area contributed by atoms with Crippen molar-refractivity contribution in [1.29, 1.82) is 0 Å². The maximum absolute atomic E-state index is 12.4. The van der Waals surface area contributed by atoms with Gasteiger partial charge in [-0.1, -0.05) is 12.8 Å². The number of nitrogens with zero attached hydrogens (tertiary/aromatic N) is 3. The summed E-state index contributed by atoms with van der Waals surface area (Å²) < 4.78 is 1.09. The summed E-state index contributed by atoms with van der Waals surface area (Å²) in [6.45, 7) is 1.72. The molecule has 4 rings (SSSR count). The molecule has 3 heterocycles. The van der Waals surface area contributed by atoms with Gasteiger partial charge in [0.05, 0.1) is 8.66 Å². The number of nitrogens with one attached hydrogen (secondary N) is 1. The third kappa shape index (κ3) is 4.09. The lowest BCUT2D eigenvalue weighted by atomic mass is 9.95. The summed E-state index contributed by atoms with van der Waals surface area (Å²) in [7, 11) is 0. The second-order valence-corrected chi connectivity index (χ2v) is 9.59. The van der Waals surface area contributed by atoms with Crippen LogP contribution in [0.1, 0.15) is 38.5 Å². The monoisotopic (exact) mass is 434 g/mol. The van der Waals surface area contributed by atoms with Crippen LogP contribution >= 0.6 is 27.3 Å². The van der Waals surface area contributed by atoms with Gasteiger partial charge in [-0.2, -0.15) is 0 Å². The summed E-state index contributed by atoms with van der Waals surface area (Å²) in [5, 5.41) is 12.0. The van der Waals surface area contributed by atoms with Crippen molar-refractivity contribution in [2.75, 3.05) is 18.0 Å². The largest absolute Gasteiger partial charge is 0.355 e. The number of hydrogen-bond donors (Lipinski definition) is 1. The van der Waals surface area contributed by atoms with Crippen LogP contribution in [0.5, 0.6) is 0 Å². The van der Waals surface area contributed by atoms with E-state index in [0.29, 0.717) is 6.04 Å². The zero-order chi connectivity index (χ0) is 17.9. The van der Waals surface area contributed by atoms with E-state index in [2.05, 4.69) is 36.3 Å². The molecular formula is C19H23BrN4OS. The molecule has 0 unspecified atom stereocenters. The molecule has 0 bridgehead atoms. The second-order valence-electron chi connectivity index (χ2n) is 7.13. The van der Waals surface area contributed by atoms with Gasteiger partial charge in [-0.15, -0.1) is 21.5 Å². The van der Waals surface area contributed by atoms with E-state index < -0.39 is 0 Å². The van der Waals surface area contributed by atoms with Crippen molar-refractivity contribution < 1.29 is 4.79 Å². The van der Waals surface area contributed by atoms with E-state index in [9.17, 15) is 4.79 Å². The molecule has 2 fully saturated rings. The molecule has 138 valence electrons. The summed E-state index contributed by atoms with van der Waals surface area (Å²) >= 11 is 5.14. The maximum atomic E-state index is 12.4. The Morgan fingerprint density at radius 3 is 2.46 bits per heavy atom. The molecule has 0 spiro atoms. The molecule has 5 nitrogen and oxygen atoms in total. The number of piperidine rings is 1. The third-order valence-corrected chi connectivity index (χ3v) is 7.01. The van der Waals surface area contributed by atoms with E-state index in [-0.39, 0.29) is 11.8 Å². The average molecular weight is 435 g/mol. The van der Waals surface area contributed by atoms with Crippen molar-refractivity contribution in [3.8, 4) is 10.6 Å². The first-order valence-electron chi connectivity index (χ1n) is 9.34. The minimum atomic E-state index is 0.141. The first kappa shape index (κ1) is 17.9. The van der Waals surface area contributed by atoms with Gasteiger partial charge < -0.3 is 10.2 Å². The number of carbonyl (C=O) groups excluding carboxylic acids is 1. The normalized spacial score (nSPS) is 19.0. The molecule has 7 heteroatoms. The number of rotatable bonds is 4. The molecule has 1 aliphatic carbocycles. The molecule has 2 aliphatic rings. The molecular weight excluding hydrogens is 412 g/mol. The van der Waals surface area contributed by atoms with E-state index in [4.69, 9.17) is 0 Å². The predicted molar refractivity (Wildman–Crippen MR) is 108 cm³/mol. The lowest BCUT2D eigenvalue weighted by Crippen LogP contribution is -2.43. The van der Waals surface area contributed by atoms with Gasteiger partial charge in [-0.25, -0.2) is 0 Å². The van der Waals surface area contributed by atoms with Gasteiger partial charge in [0.2, 0.25) is 5.91 Å². The van der Waals surface area contributed by atoms with Gasteiger partial charge in [0.1, 0.15) is 5.69 Å². The zero-order valence-corrected chi connectivity index (χ0v) is 17.1. The smallest absolute Gasteiger partial charge is 0.223 e. The van der Waals surface area contributed by atoms with E-state index >= 15 is 0 Å². The van der Waals surface area contributed by atoms with Crippen molar-refractivity contribution in [3.05, 3.63) is 28.1 Å². The molecule has 1 aliphatic heterocycles. The van der Waals surface area contributed by atoms with E-state index in [1.54, 1.807) is 11.3 Å². The van der Waals surface area contributed by atoms with Crippen LogP contribution in [-0.4, -0.2) is 35.2 Å². The van der Waals surface area contributed by atoms with Gasteiger partial charge in [0.25, 0.3) is 0 Å². The lowest BCUT2D eigenvalue weighted by Gasteiger charge is -2.32. The van der Waals surface area contributed by atoms with Crippen molar-refractivity contribution in [1.82, 2.24) is 15.5 Å². The fraction of sp³-hybridized carbons (Fsp3) is 0.526. The van der Waals surface area contributed by atoms with Crippen molar-refractivity contribution >= 4 is 39.0 Å². The lowest BCUT2D eigenvalue weighted by molar-refractivity contribution is -0.126. The van der Waals surface area contributed by atoms with Crippen LogP contribution in [-0.2, 0) is 4.79 Å². The highest BCUT2D eigenvalue weighted by molar-refractivity contribution is 9.11. The molecule has 1 saturated carbocycles. The Morgan fingerprint density at radius 1 is 1.08 bits per heavy atom. The minimum absolute atomic E-state index is 0.141. The van der Waals surface area contributed by atoms with E-state index in [1.165, 1.54) is 12.8 Å². The summed E-state index contributed by atoms with van der Waals surface area (Å²) in [5.41, 5.74) is 0.898. The molecule has 26 heavy (non-hydrogen) atoms. The Balaban J connectivity index is 1.32. The Bertz CT molecular complexity index is 749. The summed E-state index contributed by atoms with van der Waals surface area (Å²) in [6.07, 6.45) is 6.57. The highest BCUT2D eigenvalue weighted by atomic mass is 79.9. The summed E-state index contributed by atoms with van der Waals surface area (Å²) in [4.78, 5) is 15.8. The van der Waals surface area contributed by atoms with Crippen molar-refractivity contribution in [2.24, 2.45) is 5.92 Å². The van der Waals surface area contributed by atoms with Gasteiger partial charge in [-0.3, -0.25) is 4.79 Å². The fourth-order valence-electron chi connectivity index (χ4n) is 3.84. The van der Waals surface area contributed by atoms with Gasteiger partial charge in [0.15, 0.2) is 5.82 Å². The SMILES string of the molecule is O=C(NC1CCCC1)C1CCN(c2ccc(-c3ccc(Br)s3)nn2)CC1. The Morgan fingerprint density at radius 2 is 1.85 bits per heavy atom. The second kappa shape index (κ2) is 8.05. The predicted octanol–water partition coefficient (Wildman–Crippen LogP) is 4.24. The first-order chi connectivity index (χ1) is 12.7. The van der Waals surface area contributed by atoms with Crippen LogP contribution in [0.25, 0.3) is 10.6 Å². The topological polar surface area (TPSA) is 58.1 Å². The molecule has 1 amide bonds. The fourth-order valence-corrected chi connectivity index (χ4v) is 5.19. The van der Waals surface area contributed by atoms with Crippen LogP contribution in [0.4, 0.5) is 5.82 Å². The number of anilines is 1. The minimum Gasteiger partial charge on any atom is -0.355 e. The molecule has 2 aromatic rings. The van der Waals surface area contributed by atoms with Gasteiger partial charge in [-0.05, 0) is 65.9 Å². The number of thiophene rings is 1. The van der Waals surface area contributed by atoms with Crippen LogP contribution in [0.2, 0.25) is 0 Å². The standard InChI is InChI=1S/C19H23BrN4OS/c20-17-7-6-16(26-17)15-5-8-18(23-22-15)24-11-9-13(10-12-24)19(25)21-14-3-1-2-4-14/h5-8,13-14H,1-4,9-12H2,(H,21,25). The Hall–Kier alpha value is -1.47. The molecule has 1 N–H and O–H groups in total. The van der Waals surface area contributed by atoms with Gasteiger partial charge >= 0.3 is 0 Å². The van der Waals surface area contributed by atoms with Crippen LogP contribution in [0.3, 0.4) is 0 Å². The summed E-state index contributed by atoms with van der Waals surface area (Å²) in [6, 6.07) is 8.55. The van der Waals surface area contributed by atoms with Gasteiger partial charge in [0, 0.05) is 25.0 Å². The highest BCUT2D eigenvalue weighted by Gasteiger charge is 2.28. The molecule has 1 saturated heterocycles. The quantitative estimate of drug-likeness (QED) is 0.781. The average Bonchev–Trinajstić information content (AvgIpc) is 3.34. The van der Waals surface area contributed by atoms with Crippen molar-refractivity contribution in [3.63, 3.8) is 0 Å². The maximum Gasteiger partial charge on any atom is 0.223 e. The van der Waals surface area contributed by atoms with Crippen LogP contribution in [0, 0.1) is 5.92 Å². The molecule has 0 atom stereocenters. The Labute approximate surface area is 166 Å². The first-order valence-corrected chi connectivity index (χ1v) is 10.9. The van der Waals surface area contributed by atoms with Crippen molar-refractivity contribution in [2.45, 2.75) is 44.6 Å². The molecule has 0 aromatic carbocycles. The highest BCUT2D eigenvalue weighted by Crippen LogP contribution is 2.30. The number of amides is 1. The van der Waals surface area contributed by atoms with E-state index in [1.807, 2.05) is 24.3 Å². The number of aromatic nitrogens is 2. The molecule has 2 aromatic heterocycles. The van der Waals surface area contributed by atoms with Crippen LogP contribution in [0.15, 0.2) is 28.1 Å². The van der Waals surface area contributed by atoms with E-state index in [0.717, 1.165) is 58.9 Å². The number of hydrogen-bond acceptors (Lipinski definition) is 5. The number of halogens is 1. The Kier molecular flexibility index (Phi) is 5.55. The zero-order valence-electron chi connectivity index (χ0n) is 14.7. The third-order valence-electron chi connectivity index (χ3n) is 5.37. The molecule has 0 radical (unpaired) electrons.